The third-order valence-electron chi connectivity index (χ3n) is 16.5. The van der Waals surface area contributed by atoms with E-state index in [1.54, 1.807) is 0 Å². The molecule has 8 aromatic rings. The molecule has 0 radical (unpaired) electrons. The molecule has 3 heteroatoms. The zero-order valence-electron chi connectivity index (χ0n) is 46.2. The van der Waals surface area contributed by atoms with Gasteiger partial charge in [-0.3, -0.25) is 0 Å². The molecule has 2 nitrogen and oxygen atoms in total. The van der Waals surface area contributed by atoms with Crippen LogP contribution in [0.4, 0.5) is 28.4 Å². The highest BCUT2D eigenvalue weighted by atomic mass is 15.2. The van der Waals surface area contributed by atoms with Gasteiger partial charge in [-0.2, -0.15) is 0 Å². The van der Waals surface area contributed by atoms with Crippen LogP contribution in [0.15, 0.2) is 200 Å². The van der Waals surface area contributed by atoms with Crippen molar-refractivity contribution < 1.29 is 0 Å². The van der Waals surface area contributed by atoms with E-state index in [0.717, 1.165) is 12.1 Å². The van der Waals surface area contributed by atoms with Crippen molar-refractivity contribution in [2.24, 2.45) is 5.41 Å². The summed E-state index contributed by atoms with van der Waals surface area (Å²) in [7, 11) is 0. The predicted octanol–water partition coefficient (Wildman–Crippen LogP) is 17.3. The van der Waals surface area contributed by atoms with Crippen molar-refractivity contribution in [3.05, 3.63) is 239 Å². The molecule has 370 valence electrons. The fourth-order valence-electron chi connectivity index (χ4n) is 12.4. The van der Waals surface area contributed by atoms with Gasteiger partial charge >= 0.3 is 0 Å². The van der Waals surface area contributed by atoms with E-state index < -0.39 is 5.41 Å². The summed E-state index contributed by atoms with van der Waals surface area (Å²) in [4.78, 5) is 5.11. The van der Waals surface area contributed by atoms with Crippen molar-refractivity contribution >= 4 is 51.5 Å². The Morgan fingerprint density at radius 3 is 1.64 bits per heavy atom. The molecule has 0 aromatic heterocycles. The molecule has 74 heavy (non-hydrogen) atoms. The molecule has 0 bridgehead atoms. The van der Waals surface area contributed by atoms with Gasteiger partial charge in [-0.1, -0.05) is 235 Å². The van der Waals surface area contributed by atoms with Crippen LogP contribution in [0, 0.1) is 5.41 Å². The highest BCUT2D eigenvalue weighted by Gasteiger charge is 2.47. The molecule has 11 rings (SSSR count). The molecule has 0 N–H and O–H groups in total. The van der Waals surface area contributed by atoms with E-state index in [0.29, 0.717) is 0 Å². The largest absolute Gasteiger partial charge is 0.318 e. The monoisotopic (exact) mass is 965 g/mol. The summed E-state index contributed by atoms with van der Waals surface area (Å²) in [5, 5.41) is 0. The number of rotatable bonds is 7. The van der Waals surface area contributed by atoms with Crippen molar-refractivity contribution in [2.75, 3.05) is 9.80 Å². The number of benzene rings is 8. The van der Waals surface area contributed by atoms with E-state index in [-0.39, 0.29) is 28.4 Å². The predicted molar refractivity (Wildman–Crippen MR) is 320 cm³/mol. The van der Waals surface area contributed by atoms with E-state index in [4.69, 9.17) is 0 Å². The van der Waals surface area contributed by atoms with Crippen LogP contribution in [0.1, 0.15) is 135 Å². The maximum absolute atomic E-state index is 2.60. The quantitative estimate of drug-likeness (QED) is 0.116. The topological polar surface area (TPSA) is 6.48 Å². The standard InChI is InChI=1S/C71H73BN2/c1-14-49(67(2,3)4)30-24-40-73-62-38-35-52(68(5,6)7)43-60(62)72-61-44-53(69(8,9)10)36-39-63(61)74(65-46-54(70(11,12)13)45-64(73)66(65)72)55-31-23-25-47(41-55)48-34-37-59-57(42-48)56-32-21-22-33-58(56)71(59,50-26-17-15-18-27-50)51-28-19-16-20-29-51/h15-46H,14H2,1-13H3/b40-24+,49-30+. The maximum atomic E-state index is 2.60. The van der Waals surface area contributed by atoms with Crippen LogP contribution in [-0.4, -0.2) is 6.71 Å². The van der Waals surface area contributed by atoms with Gasteiger partial charge in [0.15, 0.2) is 0 Å². The fourth-order valence-corrected chi connectivity index (χ4v) is 12.4. The number of nitrogens with zero attached hydrogens (tertiary/aromatic N) is 2. The summed E-state index contributed by atoms with van der Waals surface area (Å²) in [6.07, 6.45) is 8.02. The number of fused-ring (bicyclic) bond motifs is 7. The lowest BCUT2D eigenvalue weighted by atomic mass is 9.33. The number of hydrogen-bond donors (Lipinski definition) is 0. The molecule has 0 amide bonds. The smallest absolute Gasteiger partial charge is 0.252 e. The summed E-state index contributed by atoms with van der Waals surface area (Å²) in [5.74, 6) is 0. The third kappa shape index (κ3) is 8.10. The van der Waals surface area contributed by atoms with E-state index in [9.17, 15) is 0 Å². The Kier molecular flexibility index (Phi) is 11.8. The van der Waals surface area contributed by atoms with E-state index in [1.165, 1.54) is 106 Å². The van der Waals surface area contributed by atoms with E-state index in [2.05, 4.69) is 294 Å². The first-order valence-electron chi connectivity index (χ1n) is 27.1. The Hall–Kier alpha value is -7.10. The van der Waals surface area contributed by atoms with Crippen molar-refractivity contribution in [3.63, 3.8) is 0 Å². The van der Waals surface area contributed by atoms with E-state index in [1.807, 2.05) is 0 Å². The molecule has 3 aliphatic rings. The molecular formula is C71H73BN2. The minimum atomic E-state index is -0.442. The Balaban J connectivity index is 1.15. The van der Waals surface area contributed by atoms with Gasteiger partial charge in [-0.15, -0.1) is 0 Å². The molecule has 8 aromatic carbocycles. The molecule has 2 heterocycles. The Labute approximate surface area is 443 Å². The molecule has 1 aliphatic carbocycles. The fraction of sp³-hybridized carbons (Fsp3) is 0.268. The zero-order chi connectivity index (χ0) is 52.1. The average Bonchev–Trinajstić information content (AvgIpc) is 3.71. The average molecular weight is 965 g/mol. The number of hydrogen-bond acceptors (Lipinski definition) is 2. The third-order valence-corrected chi connectivity index (χ3v) is 16.5. The minimum absolute atomic E-state index is 0.0234. The van der Waals surface area contributed by atoms with Crippen LogP contribution in [-0.2, 0) is 21.7 Å². The number of anilines is 5. The normalized spacial score (nSPS) is 14.9. The van der Waals surface area contributed by atoms with Crippen molar-refractivity contribution in [1.29, 1.82) is 0 Å². The summed E-state index contributed by atoms with van der Waals surface area (Å²) in [5.41, 5.74) is 25.3. The first-order chi connectivity index (χ1) is 35.2. The Bertz CT molecular complexity index is 3490. The first-order valence-corrected chi connectivity index (χ1v) is 27.1. The molecule has 2 aliphatic heterocycles. The van der Waals surface area contributed by atoms with Crippen LogP contribution in [0.2, 0.25) is 0 Å². The van der Waals surface area contributed by atoms with Crippen LogP contribution < -0.4 is 26.2 Å². The molecular weight excluding hydrogens is 892 g/mol. The summed E-state index contributed by atoms with van der Waals surface area (Å²) in [6.45, 7) is 30.4. The van der Waals surface area contributed by atoms with Gasteiger partial charge in [0.25, 0.3) is 6.71 Å². The minimum Gasteiger partial charge on any atom is -0.318 e. The van der Waals surface area contributed by atoms with Gasteiger partial charge in [0, 0.05) is 34.6 Å². The second-order valence-electron chi connectivity index (χ2n) is 25.3. The van der Waals surface area contributed by atoms with Crippen LogP contribution >= 0.6 is 0 Å². The highest BCUT2D eigenvalue weighted by molar-refractivity contribution is 7.00. The van der Waals surface area contributed by atoms with Crippen molar-refractivity contribution in [1.82, 2.24) is 0 Å². The molecule has 0 saturated heterocycles. The first kappa shape index (κ1) is 49.1. The van der Waals surface area contributed by atoms with Gasteiger partial charge in [-0.05, 0) is 154 Å². The maximum Gasteiger partial charge on any atom is 0.252 e. The van der Waals surface area contributed by atoms with Crippen LogP contribution in [0.5, 0.6) is 0 Å². The molecule has 0 spiro atoms. The SMILES string of the molecule is CC/C(=C\C=C\N1c2ccc(C(C)(C)C)cc2B2c3cc(C(C)(C)C)ccc3N(c3cccc(-c4ccc5c(c4)-c4ccccc4C5(c4ccccc4)c4ccccc4)c3)c3cc(C(C)(C)C)cc1c32)C(C)(C)C. The van der Waals surface area contributed by atoms with Gasteiger partial charge < -0.3 is 9.80 Å². The van der Waals surface area contributed by atoms with Gasteiger partial charge in [0.05, 0.1) is 5.41 Å². The Morgan fingerprint density at radius 2 is 1.03 bits per heavy atom. The van der Waals surface area contributed by atoms with E-state index >= 15 is 0 Å². The summed E-state index contributed by atoms with van der Waals surface area (Å²) < 4.78 is 0. The Morgan fingerprint density at radius 1 is 0.473 bits per heavy atom. The summed E-state index contributed by atoms with van der Waals surface area (Å²) >= 11 is 0. The summed E-state index contributed by atoms with van der Waals surface area (Å²) in [6, 6.07) is 67.6. The van der Waals surface area contributed by atoms with Crippen molar-refractivity contribution in [3.8, 4) is 22.3 Å². The zero-order valence-corrected chi connectivity index (χ0v) is 46.2. The van der Waals surface area contributed by atoms with Gasteiger partial charge in [0.2, 0.25) is 0 Å². The molecule has 0 saturated carbocycles. The second kappa shape index (κ2) is 17.8. The number of allylic oxidation sites excluding steroid dienone is 3. The molecule has 0 fully saturated rings. The van der Waals surface area contributed by atoms with Crippen molar-refractivity contribution in [2.45, 2.75) is 118 Å². The lowest BCUT2D eigenvalue weighted by molar-refractivity contribution is 0.488. The molecule has 0 atom stereocenters. The van der Waals surface area contributed by atoms with Gasteiger partial charge in [-0.25, -0.2) is 0 Å². The molecule has 0 unspecified atom stereocenters. The van der Waals surface area contributed by atoms with Gasteiger partial charge in [0.1, 0.15) is 0 Å². The lowest BCUT2D eigenvalue weighted by Gasteiger charge is -2.45. The lowest BCUT2D eigenvalue weighted by Crippen LogP contribution is -2.61. The highest BCUT2D eigenvalue weighted by Crippen LogP contribution is 2.57. The van der Waals surface area contributed by atoms with Crippen LogP contribution in [0.3, 0.4) is 0 Å². The second-order valence-corrected chi connectivity index (χ2v) is 25.3. The van der Waals surface area contributed by atoms with Crippen LogP contribution in [0.25, 0.3) is 22.3 Å².